The zero-order chi connectivity index (χ0) is 21.9. The molecular formula is C20H16F5N3O2. The van der Waals surface area contributed by atoms with E-state index in [-0.39, 0.29) is 35.7 Å². The molecule has 10 heteroatoms. The van der Waals surface area contributed by atoms with E-state index in [1.165, 1.54) is 42.2 Å². The van der Waals surface area contributed by atoms with Crippen LogP contribution in [0.15, 0.2) is 48.7 Å². The number of amides is 1. The molecule has 2 aromatic carbocycles. The Hall–Kier alpha value is -3.43. The molecule has 1 heterocycles. The molecule has 0 aliphatic carbocycles. The quantitative estimate of drug-likeness (QED) is 0.476. The summed E-state index contributed by atoms with van der Waals surface area (Å²) in [5.74, 6) is -2.63. The molecule has 3 aromatic rings. The van der Waals surface area contributed by atoms with Gasteiger partial charge in [-0.15, -0.1) is 0 Å². The van der Waals surface area contributed by atoms with Gasteiger partial charge in [-0.1, -0.05) is 12.1 Å². The van der Waals surface area contributed by atoms with Gasteiger partial charge in [0.2, 0.25) is 0 Å². The number of hydrogen-bond acceptors (Lipinski definition) is 3. The SMILES string of the molecule is Cn1cc(C(=O)NCCOc2ccccc2C(F)(F)F)c(-c2ccc(F)cc2F)n1. The van der Waals surface area contributed by atoms with E-state index in [0.29, 0.717) is 6.07 Å². The van der Waals surface area contributed by atoms with E-state index < -0.39 is 29.3 Å². The van der Waals surface area contributed by atoms with Crippen molar-refractivity contribution in [3.8, 4) is 17.0 Å². The van der Waals surface area contributed by atoms with E-state index in [1.54, 1.807) is 0 Å². The summed E-state index contributed by atoms with van der Waals surface area (Å²) in [4.78, 5) is 12.5. The van der Waals surface area contributed by atoms with Crippen LogP contribution >= 0.6 is 0 Å². The van der Waals surface area contributed by atoms with Gasteiger partial charge in [-0.25, -0.2) is 8.78 Å². The van der Waals surface area contributed by atoms with Gasteiger partial charge in [0.15, 0.2) is 0 Å². The van der Waals surface area contributed by atoms with Crippen molar-refractivity contribution in [2.75, 3.05) is 13.2 Å². The molecule has 1 aromatic heterocycles. The summed E-state index contributed by atoms with van der Waals surface area (Å²) in [6, 6.07) is 7.62. The van der Waals surface area contributed by atoms with Gasteiger partial charge in [0.25, 0.3) is 5.91 Å². The Balaban J connectivity index is 1.67. The van der Waals surface area contributed by atoms with Crippen molar-refractivity contribution in [3.63, 3.8) is 0 Å². The van der Waals surface area contributed by atoms with Crippen molar-refractivity contribution in [2.45, 2.75) is 6.18 Å². The number of ether oxygens (including phenoxy) is 1. The summed E-state index contributed by atoms with van der Waals surface area (Å²) in [7, 11) is 1.53. The van der Waals surface area contributed by atoms with Gasteiger partial charge < -0.3 is 10.1 Å². The van der Waals surface area contributed by atoms with Crippen LogP contribution in [0.3, 0.4) is 0 Å². The molecule has 0 aliphatic rings. The minimum absolute atomic E-state index is 0.0100. The second kappa shape index (κ2) is 8.52. The summed E-state index contributed by atoms with van der Waals surface area (Å²) in [6.45, 7) is -0.329. The highest BCUT2D eigenvalue weighted by molar-refractivity contribution is 5.99. The molecule has 0 atom stereocenters. The number of carbonyl (C=O) groups excluding carboxylic acids is 1. The van der Waals surface area contributed by atoms with Crippen LogP contribution < -0.4 is 10.1 Å². The fraction of sp³-hybridized carbons (Fsp3) is 0.200. The first kappa shape index (κ1) is 21.3. The number of aryl methyl sites for hydroxylation is 1. The molecule has 0 bridgehead atoms. The number of nitrogens with one attached hydrogen (secondary N) is 1. The lowest BCUT2D eigenvalue weighted by molar-refractivity contribution is -0.138. The topological polar surface area (TPSA) is 56.2 Å². The van der Waals surface area contributed by atoms with Gasteiger partial charge in [-0.3, -0.25) is 9.48 Å². The first-order chi connectivity index (χ1) is 14.2. The normalized spacial score (nSPS) is 11.4. The van der Waals surface area contributed by atoms with Crippen LogP contribution in [-0.2, 0) is 13.2 Å². The van der Waals surface area contributed by atoms with Crippen LogP contribution in [-0.4, -0.2) is 28.8 Å². The van der Waals surface area contributed by atoms with Crippen LogP contribution in [0.1, 0.15) is 15.9 Å². The maximum Gasteiger partial charge on any atom is 0.419 e. The molecule has 0 spiro atoms. The minimum atomic E-state index is -4.57. The van der Waals surface area contributed by atoms with Crippen LogP contribution in [0.25, 0.3) is 11.3 Å². The van der Waals surface area contributed by atoms with Crippen molar-refractivity contribution >= 4 is 5.91 Å². The van der Waals surface area contributed by atoms with Crippen LogP contribution in [0, 0.1) is 11.6 Å². The van der Waals surface area contributed by atoms with Gasteiger partial charge in [-0.05, 0) is 24.3 Å². The zero-order valence-electron chi connectivity index (χ0n) is 15.6. The predicted octanol–water partition coefficient (Wildman–Crippen LogP) is 4.19. The standard InChI is InChI=1S/C20H16F5N3O2/c1-28-11-14(18(27-28)13-7-6-12(21)10-16(13)22)19(29)26-8-9-30-17-5-3-2-4-15(17)20(23,24)25/h2-7,10-11H,8-9H2,1H3,(H,26,29). The molecule has 0 saturated carbocycles. The van der Waals surface area contributed by atoms with Gasteiger partial charge >= 0.3 is 6.18 Å². The van der Waals surface area contributed by atoms with Gasteiger partial charge in [0.05, 0.1) is 17.7 Å². The molecule has 0 radical (unpaired) electrons. The molecule has 30 heavy (non-hydrogen) atoms. The van der Waals surface area contributed by atoms with Gasteiger partial charge in [0, 0.05) is 24.9 Å². The Morgan fingerprint density at radius 1 is 1.17 bits per heavy atom. The Labute approximate surface area is 168 Å². The summed E-state index contributed by atoms with van der Waals surface area (Å²) < 4.78 is 72.5. The summed E-state index contributed by atoms with van der Waals surface area (Å²) >= 11 is 0. The van der Waals surface area contributed by atoms with Crippen molar-refractivity contribution in [2.24, 2.45) is 7.05 Å². The monoisotopic (exact) mass is 425 g/mol. The molecule has 5 nitrogen and oxygen atoms in total. The highest BCUT2D eigenvalue weighted by atomic mass is 19.4. The molecule has 1 amide bonds. The number of nitrogens with zero attached hydrogens (tertiary/aromatic N) is 2. The fourth-order valence-corrected chi connectivity index (χ4v) is 2.78. The van der Waals surface area contributed by atoms with E-state index in [2.05, 4.69) is 10.4 Å². The number of carbonyl (C=O) groups is 1. The molecule has 0 fully saturated rings. The lowest BCUT2D eigenvalue weighted by atomic mass is 10.1. The van der Waals surface area contributed by atoms with E-state index >= 15 is 0 Å². The number of benzene rings is 2. The summed E-state index contributed by atoms with van der Waals surface area (Å²) in [5.41, 5.74) is -0.940. The van der Waals surface area contributed by atoms with E-state index in [0.717, 1.165) is 12.1 Å². The number of alkyl halides is 3. The average molecular weight is 425 g/mol. The van der Waals surface area contributed by atoms with Crippen molar-refractivity contribution in [1.82, 2.24) is 15.1 Å². The third-order valence-corrected chi connectivity index (χ3v) is 4.10. The number of rotatable bonds is 6. The van der Waals surface area contributed by atoms with Crippen molar-refractivity contribution in [3.05, 3.63) is 71.4 Å². The number of halogens is 5. The second-order valence-electron chi connectivity index (χ2n) is 6.29. The molecule has 1 N–H and O–H groups in total. The molecular weight excluding hydrogens is 409 g/mol. The second-order valence-corrected chi connectivity index (χ2v) is 6.29. The Bertz CT molecular complexity index is 1060. The molecule has 158 valence electrons. The average Bonchev–Trinajstić information content (AvgIpc) is 3.06. The number of para-hydroxylation sites is 1. The molecule has 0 saturated heterocycles. The number of hydrogen-bond donors (Lipinski definition) is 1. The summed E-state index contributed by atoms with van der Waals surface area (Å²) in [6.07, 6.45) is -3.21. The van der Waals surface area contributed by atoms with Crippen LogP contribution in [0.5, 0.6) is 5.75 Å². The largest absolute Gasteiger partial charge is 0.491 e. The van der Waals surface area contributed by atoms with E-state index in [4.69, 9.17) is 4.74 Å². The molecule has 0 unspecified atom stereocenters. The Morgan fingerprint density at radius 2 is 1.90 bits per heavy atom. The third-order valence-electron chi connectivity index (χ3n) is 4.10. The smallest absolute Gasteiger partial charge is 0.419 e. The van der Waals surface area contributed by atoms with E-state index in [9.17, 15) is 26.7 Å². The van der Waals surface area contributed by atoms with Crippen LogP contribution in [0.2, 0.25) is 0 Å². The first-order valence-electron chi connectivity index (χ1n) is 8.73. The van der Waals surface area contributed by atoms with Gasteiger partial charge in [0.1, 0.15) is 29.7 Å². The Kier molecular flexibility index (Phi) is 6.04. The molecule has 3 rings (SSSR count). The number of aromatic nitrogens is 2. The lowest BCUT2D eigenvalue weighted by Gasteiger charge is -2.14. The van der Waals surface area contributed by atoms with Crippen molar-refractivity contribution < 1.29 is 31.5 Å². The Morgan fingerprint density at radius 3 is 2.60 bits per heavy atom. The lowest BCUT2D eigenvalue weighted by Crippen LogP contribution is -2.28. The fourth-order valence-electron chi connectivity index (χ4n) is 2.78. The maximum absolute atomic E-state index is 14.1. The predicted molar refractivity (Wildman–Crippen MR) is 97.8 cm³/mol. The van der Waals surface area contributed by atoms with E-state index in [1.807, 2.05) is 0 Å². The highest BCUT2D eigenvalue weighted by Crippen LogP contribution is 2.35. The van der Waals surface area contributed by atoms with Gasteiger partial charge in [-0.2, -0.15) is 18.3 Å². The first-order valence-corrected chi connectivity index (χ1v) is 8.73. The summed E-state index contributed by atoms with van der Waals surface area (Å²) in [5, 5.41) is 6.53. The third kappa shape index (κ3) is 4.76. The van der Waals surface area contributed by atoms with Crippen molar-refractivity contribution in [1.29, 1.82) is 0 Å². The highest BCUT2D eigenvalue weighted by Gasteiger charge is 2.34. The van der Waals surface area contributed by atoms with Crippen LogP contribution in [0.4, 0.5) is 22.0 Å². The molecule has 0 aliphatic heterocycles. The zero-order valence-corrected chi connectivity index (χ0v) is 15.6. The minimum Gasteiger partial charge on any atom is -0.491 e. The maximum atomic E-state index is 14.1.